The number of carbonyl (C=O) groups is 2. The minimum Gasteiger partial charge on any atom is -0.448 e. The summed E-state index contributed by atoms with van der Waals surface area (Å²) in [5, 5.41) is 9.33. The van der Waals surface area contributed by atoms with Crippen molar-refractivity contribution in [2.75, 3.05) is 5.75 Å². The lowest BCUT2D eigenvalue weighted by molar-refractivity contribution is -0.153. The Hall–Kier alpha value is -2.92. The number of aromatic nitrogens is 2. The molecule has 10 heteroatoms. The zero-order valence-electron chi connectivity index (χ0n) is 18.8. The van der Waals surface area contributed by atoms with Gasteiger partial charge in [0.15, 0.2) is 11.1 Å². The molecule has 2 atom stereocenters. The lowest BCUT2D eigenvalue weighted by atomic mass is 10.00. The van der Waals surface area contributed by atoms with Gasteiger partial charge in [-0.1, -0.05) is 84.2 Å². The number of nitrogens with two attached hydrogens (primary N) is 1. The third-order valence-electron chi connectivity index (χ3n) is 5.85. The van der Waals surface area contributed by atoms with E-state index in [2.05, 4.69) is 10.2 Å². The van der Waals surface area contributed by atoms with Crippen molar-refractivity contribution in [3.8, 4) is 0 Å². The zero-order valence-corrected chi connectivity index (χ0v) is 21.2. The molecule has 1 amide bonds. The molecule has 3 aromatic rings. The number of aryl methyl sites for hydroxylation is 1. The number of amides is 1. The third kappa shape index (κ3) is 4.66. The van der Waals surface area contributed by atoms with Crippen molar-refractivity contribution in [3.63, 3.8) is 0 Å². The Labute approximate surface area is 216 Å². The second-order valence-corrected chi connectivity index (χ2v) is 11.0. The fraction of sp³-hybridized carbons (Fsp3) is 0.240. The summed E-state index contributed by atoms with van der Waals surface area (Å²) in [6, 6.07) is 18.4. The van der Waals surface area contributed by atoms with Crippen LogP contribution in [0.5, 0.6) is 0 Å². The topological polar surface area (TPSA) is 98.4 Å². The Morgan fingerprint density at radius 3 is 2.34 bits per heavy atom. The normalized spacial score (nSPS) is 19.4. The molecule has 3 heterocycles. The van der Waals surface area contributed by atoms with Gasteiger partial charge >= 0.3 is 5.97 Å². The summed E-state index contributed by atoms with van der Waals surface area (Å²) in [5.74, 6) is -0.342. The van der Waals surface area contributed by atoms with Crippen LogP contribution in [0.3, 0.4) is 0 Å². The van der Waals surface area contributed by atoms with Crippen LogP contribution in [0, 0.1) is 6.92 Å². The van der Waals surface area contributed by atoms with Crippen LogP contribution in [-0.2, 0) is 14.3 Å². The number of thioether (sulfide) groups is 1. The number of carbonyl (C=O) groups excluding carboxylic acids is 2. The molecule has 0 aliphatic carbocycles. The molecular formula is C25H22N4O3S3. The highest BCUT2D eigenvalue weighted by Crippen LogP contribution is 2.42. The van der Waals surface area contributed by atoms with Crippen molar-refractivity contribution in [3.05, 3.63) is 93.1 Å². The van der Waals surface area contributed by atoms with Crippen molar-refractivity contribution in [2.24, 2.45) is 5.73 Å². The van der Waals surface area contributed by atoms with Gasteiger partial charge in [0.25, 0.3) is 0 Å². The van der Waals surface area contributed by atoms with E-state index in [1.807, 2.05) is 67.6 Å². The second kappa shape index (κ2) is 9.98. The number of hydrogen-bond donors (Lipinski definition) is 1. The smallest absolute Gasteiger partial charge is 0.356 e. The van der Waals surface area contributed by atoms with E-state index in [0.29, 0.717) is 22.0 Å². The molecule has 5 rings (SSSR count). The Morgan fingerprint density at radius 1 is 1.14 bits per heavy atom. The van der Waals surface area contributed by atoms with E-state index in [-0.39, 0.29) is 17.0 Å². The molecule has 0 saturated carbocycles. The molecule has 1 fully saturated rings. The van der Waals surface area contributed by atoms with Crippen LogP contribution in [0.25, 0.3) is 0 Å². The Kier molecular flexibility index (Phi) is 6.79. The molecule has 2 aromatic carbocycles. The predicted molar refractivity (Wildman–Crippen MR) is 140 cm³/mol. The van der Waals surface area contributed by atoms with E-state index in [4.69, 9.17) is 22.7 Å². The molecule has 2 aliphatic heterocycles. The maximum Gasteiger partial charge on any atom is 0.356 e. The van der Waals surface area contributed by atoms with E-state index in [1.165, 1.54) is 28.0 Å². The molecule has 0 spiro atoms. The van der Waals surface area contributed by atoms with Gasteiger partial charge in [0.2, 0.25) is 5.91 Å². The number of benzene rings is 2. The molecule has 0 bridgehead atoms. The Morgan fingerprint density at radius 2 is 1.77 bits per heavy atom. The first kappa shape index (κ1) is 23.8. The van der Waals surface area contributed by atoms with Gasteiger partial charge in [-0.15, -0.1) is 22.0 Å². The Balaban J connectivity index is 1.50. The van der Waals surface area contributed by atoms with E-state index >= 15 is 0 Å². The van der Waals surface area contributed by atoms with Crippen LogP contribution >= 0.6 is 35.3 Å². The monoisotopic (exact) mass is 522 g/mol. The first-order valence-corrected chi connectivity index (χ1v) is 13.3. The summed E-state index contributed by atoms with van der Waals surface area (Å²) in [7, 11) is 0. The van der Waals surface area contributed by atoms with Gasteiger partial charge in [0.05, 0.1) is 4.86 Å². The molecule has 178 valence electrons. The highest BCUT2D eigenvalue weighted by atomic mass is 32.2. The number of ether oxygens (including phenoxy) is 1. The van der Waals surface area contributed by atoms with Crippen LogP contribution in [0.2, 0.25) is 0 Å². The van der Waals surface area contributed by atoms with E-state index in [9.17, 15) is 9.59 Å². The van der Waals surface area contributed by atoms with E-state index in [1.54, 1.807) is 0 Å². The van der Waals surface area contributed by atoms with Crippen molar-refractivity contribution < 1.29 is 14.3 Å². The van der Waals surface area contributed by atoms with Gasteiger partial charge in [-0.3, -0.25) is 9.69 Å². The van der Waals surface area contributed by atoms with Crippen molar-refractivity contribution >= 4 is 52.1 Å². The van der Waals surface area contributed by atoms with Gasteiger partial charge in [-0.25, -0.2) is 4.79 Å². The second-order valence-electron chi connectivity index (χ2n) is 8.22. The lowest BCUT2D eigenvalue weighted by Gasteiger charge is -2.48. The summed E-state index contributed by atoms with van der Waals surface area (Å²) in [6.07, 6.45) is -0.316. The molecule has 35 heavy (non-hydrogen) atoms. The average Bonchev–Trinajstić information content (AvgIpc) is 3.33. The zero-order chi connectivity index (χ0) is 24.5. The van der Waals surface area contributed by atoms with Crippen molar-refractivity contribution in [2.45, 2.75) is 30.9 Å². The van der Waals surface area contributed by atoms with Gasteiger partial charge in [-0.05, 0) is 23.6 Å². The van der Waals surface area contributed by atoms with Crippen LogP contribution in [-0.4, -0.2) is 49.0 Å². The average molecular weight is 523 g/mol. The number of hydrogen-bond acceptors (Lipinski definition) is 9. The van der Waals surface area contributed by atoms with Gasteiger partial charge in [-0.2, -0.15) is 0 Å². The van der Waals surface area contributed by atoms with Gasteiger partial charge in [0.1, 0.15) is 22.1 Å². The molecule has 2 unspecified atom stereocenters. The molecule has 7 nitrogen and oxygen atoms in total. The molecule has 2 aliphatic rings. The quantitative estimate of drug-likeness (QED) is 0.217. The molecule has 1 aromatic heterocycles. The lowest BCUT2D eigenvalue weighted by Crippen LogP contribution is -2.68. The summed E-state index contributed by atoms with van der Waals surface area (Å²) >= 11 is 8.55. The minimum absolute atomic E-state index is 0.237. The van der Waals surface area contributed by atoms with E-state index in [0.717, 1.165) is 21.7 Å². The number of esters is 1. The number of fused-ring (bicyclic) bond motifs is 1. The largest absolute Gasteiger partial charge is 0.448 e. The number of β-lactam (4-membered cyclic amide) rings is 1. The number of rotatable bonds is 7. The van der Waals surface area contributed by atoms with Crippen LogP contribution in [0.1, 0.15) is 33.7 Å². The highest BCUT2D eigenvalue weighted by Gasteiger charge is 2.52. The van der Waals surface area contributed by atoms with Crippen LogP contribution in [0.4, 0.5) is 0 Å². The highest BCUT2D eigenvalue weighted by molar-refractivity contribution is 8.00. The first-order chi connectivity index (χ1) is 16.9. The predicted octanol–water partition coefficient (Wildman–Crippen LogP) is 3.78. The maximum atomic E-state index is 13.7. The summed E-state index contributed by atoms with van der Waals surface area (Å²) in [4.78, 5) is 28.5. The number of thiocarbonyl (C=S) groups is 1. The molecule has 1 saturated heterocycles. The summed E-state index contributed by atoms with van der Waals surface area (Å²) in [5.41, 5.74) is 8.67. The Bertz CT molecular complexity index is 1270. The summed E-state index contributed by atoms with van der Waals surface area (Å²) < 4.78 is 6.11. The molecule has 0 radical (unpaired) electrons. The first-order valence-electron chi connectivity index (χ1n) is 11.0. The fourth-order valence-electron chi connectivity index (χ4n) is 4.13. The fourth-order valence-corrected chi connectivity index (χ4v) is 6.39. The maximum absolute atomic E-state index is 13.7. The molecular weight excluding hydrogens is 501 g/mol. The van der Waals surface area contributed by atoms with Gasteiger partial charge < -0.3 is 10.5 Å². The van der Waals surface area contributed by atoms with Gasteiger partial charge in [0, 0.05) is 12.2 Å². The molecule has 2 N–H and O–H groups in total. The number of nitrogens with zero attached hydrogens (tertiary/aromatic N) is 3. The van der Waals surface area contributed by atoms with Crippen LogP contribution < -0.4 is 5.73 Å². The minimum atomic E-state index is -0.638. The summed E-state index contributed by atoms with van der Waals surface area (Å²) in [6.45, 7) is 1.86. The van der Waals surface area contributed by atoms with Crippen molar-refractivity contribution in [1.29, 1.82) is 0 Å². The standard InChI is InChI=1S/C25H22N4O3S3/c1-14-27-28-22(35-14)18(33)12-17-13-34-24-19(26)23(30)29(24)20(17)25(31)32-21(15-8-4-2-5-9-15)16-10-6-3-7-11-16/h2-11,19,21,24H,12-13,26H2,1H3. The SMILES string of the molecule is Cc1nnc(C(=S)CC2=C(C(=O)OC(c3ccccc3)c3ccccc3)N3C(=O)C(N)C3SC2)s1. The van der Waals surface area contributed by atoms with Crippen molar-refractivity contribution in [1.82, 2.24) is 15.1 Å². The van der Waals surface area contributed by atoms with E-state index < -0.39 is 18.1 Å². The van der Waals surface area contributed by atoms with Crippen LogP contribution in [0.15, 0.2) is 71.9 Å². The third-order valence-corrected chi connectivity index (χ3v) is 8.58.